The highest BCUT2D eigenvalue weighted by Gasteiger charge is 2.47. The monoisotopic (exact) mass is 448 g/mol. The Bertz CT molecular complexity index is 768. The minimum Gasteiger partial charge on any atom is -0.387 e. The van der Waals surface area contributed by atoms with Crippen molar-refractivity contribution in [3.63, 3.8) is 0 Å². The summed E-state index contributed by atoms with van der Waals surface area (Å²) in [5.41, 5.74) is 6.53. The van der Waals surface area contributed by atoms with Crippen molar-refractivity contribution in [3.05, 3.63) is 10.2 Å². The van der Waals surface area contributed by atoms with Crippen molar-refractivity contribution in [2.45, 2.75) is 37.9 Å². The third-order valence-electron chi connectivity index (χ3n) is 3.74. The molecule has 0 aromatic carbocycles. The first kappa shape index (κ1) is 17.3. The number of carbonyl (C=O) groups excluding carboxylic acids is 1. The summed E-state index contributed by atoms with van der Waals surface area (Å²) in [7, 11) is 0. The van der Waals surface area contributed by atoms with E-state index in [4.69, 9.17) is 10.5 Å². The van der Waals surface area contributed by atoms with Crippen LogP contribution in [0.5, 0.6) is 0 Å². The molecule has 2 aromatic rings. The standard InChI is InChI=1S/C13H17IN6O4/c1-2-3-16-11(23)8-6(21)7(22)12(24-8)20-4-17-5-9(15)18-13(14)19-10(5)20/h4,6-8,12,21-22H,2-3H2,1H3,(H,16,23)(H2,15,18,19)/t6-,7+,8-,12+/m0/s1. The molecule has 0 unspecified atom stereocenters. The summed E-state index contributed by atoms with van der Waals surface area (Å²) in [5, 5.41) is 23.1. The molecule has 24 heavy (non-hydrogen) atoms. The summed E-state index contributed by atoms with van der Waals surface area (Å²) in [6.45, 7) is 2.37. The van der Waals surface area contributed by atoms with Gasteiger partial charge < -0.3 is 26.0 Å². The van der Waals surface area contributed by atoms with Gasteiger partial charge in [-0.05, 0) is 6.42 Å². The van der Waals surface area contributed by atoms with E-state index in [9.17, 15) is 15.0 Å². The van der Waals surface area contributed by atoms with Crippen LogP contribution in [-0.2, 0) is 9.53 Å². The third kappa shape index (κ3) is 2.92. The third-order valence-corrected chi connectivity index (χ3v) is 4.22. The first-order chi connectivity index (χ1) is 11.4. The number of hydrogen-bond acceptors (Lipinski definition) is 8. The highest BCUT2D eigenvalue weighted by atomic mass is 127. The number of aliphatic hydroxyl groups excluding tert-OH is 2. The highest BCUT2D eigenvalue weighted by Crippen LogP contribution is 2.32. The number of halogens is 1. The molecular weight excluding hydrogens is 431 g/mol. The van der Waals surface area contributed by atoms with E-state index in [0.29, 0.717) is 21.5 Å². The van der Waals surface area contributed by atoms with Crippen molar-refractivity contribution >= 4 is 45.5 Å². The minimum atomic E-state index is -1.36. The average Bonchev–Trinajstić information content (AvgIpc) is 3.07. The normalized spacial score (nSPS) is 26.8. The van der Waals surface area contributed by atoms with Crippen molar-refractivity contribution in [1.29, 1.82) is 0 Å². The van der Waals surface area contributed by atoms with Crippen molar-refractivity contribution in [1.82, 2.24) is 24.8 Å². The Morgan fingerprint density at radius 3 is 2.92 bits per heavy atom. The number of ether oxygens (including phenoxy) is 1. The van der Waals surface area contributed by atoms with Gasteiger partial charge in [-0.3, -0.25) is 9.36 Å². The van der Waals surface area contributed by atoms with Crippen LogP contribution in [0.4, 0.5) is 5.82 Å². The van der Waals surface area contributed by atoms with Gasteiger partial charge in [0.25, 0.3) is 5.91 Å². The number of imidazole rings is 1. The van der Waals surface area contributed by atoms with E-state index in [0.717, 1.165) is 6.42 Å². The lowest BCUT2D eigenvalue weighted by molar-refractivity contribution is -0.137. The maximum atomic E-state index is 12.1. The average molecular weight is 448 g/mol. The van der Waals surface area contributed by atoms with E-state index < -0.39 is 30.4 Å². The molecule has 0 bridgehead atoms. The smallest absolute Gasteiger partial charge is 0.252 e. The van der Waals surface area contributed by atoms with Gasteiger partial charge in [-0.2, -0.15) is 0 Å². The number of nitrogens with zero attached hydrogens (tertiary/aromatic N) is 4. The van der Waals surface area contributed by atoms with E-state index in [2.05, 4.69) is 20.3 Å². The fraction of sp³-hybridized carbons (Fsp3) is 0.538. The fourth-order valence-corrected chi connectivity index (χ4v) is 3.04. The Morgan fingerprint density at radius 2 is 2.21 bits per heavy atom. The number of nitrogens with two attached hydrogens (primary N) is 1. The van der Waals surface area contributed by atoms with E-state index >= 15 is 0 Å². The number of hydrogen-bond donors (Lipinski definition) is 4. The van der Waals surface area contributed by atoms with Crippen LogP contribution in [0.3, 0.4) is 0 Å². The number of anilines is 1. The lowest BCUT2D eigenvalue weighted by atomic mass is 10.1. The van der Waals surface area contributed by atoms with Crippen LogP contribution >= 0.6 is 22.6 Å². The first-order valence-corrected chi connectivity index (χ1v) is 8.46. The van der Waals surface area contributed by atoms with Crippen molar-refractivity contribution in [2.24, 2.45) is 0 Å². The van der Waals surface area contributed by atoms with Gasteiger partial charge in [-0.1, -0.05) is 6.92 Å². The Balaban J connectivity index is 1.91. The Morgan fingerprint density at radius 1 is 1.46 bits per heavy atom. The maximum Gasteiger partial charge on any atom is 0.252 e. The summed E-state index contributed by atoms with van der Waals surface area (Å²) in [4.78, 5) is 24.4. The highest BCUT2D eigenvalue weighted by molar-refractivity contribution is 14.1. The number of aromatic nitrogens is 4. The zero-order chi connectivity index (χ0) is 17.4. The van der Waals surface area contributed by atoms with Crippen LogP contribution in [0.25, 0.3) is 11.2 Å². The predicted molar refractivity (Wildman–Crippen MR) is 91.7 cm³/mol. The maximum absolute atomic E-state index is 12.1. The number of fused-ring (bicyclic) bond motifs is 1. The van der Waals surface area contributed by atoms with E-state index in [1.807, 2.05) is 29.5 Å². The first-order valence-electron chi connectivity index (χ1n) is 7.39. The van der Waals surface area contributed by atoms with Crippen molar-refractivity contribution in [2.75, 3.05) is 12.3 Å². The zero-order valence-corrected chi connectivity index (χ0v) is 14.9. The van der Waals surface area contributed by atoms with Crippen LogP contribution in [0.1, 0.15) is 19.6 Å². The molecule has 10 nitrogen and oxygen atoms in total. The van der Waals surface area contributed by atoms with Gasteiger partial charge in [-0.15, -0.1) is 0 Å². The topological polar surface area (TPSA) is 148 Å². The second-order valence-corrected chi connectivity index (χ2v) is 6.39. The summed E-state index contributed by atoms with van der Waals surface area (Å²) >= 11 is 1.91. The Hall–Kier alpha value is -1.57. The van der Waals surface area contributed by atoms with Crippen LogP contribution in [-0.4, -0.2) is 60.5 Å². The number of carbonyl (C=O) groups is 1. The molecule has 3 heterocycles. The number of nitrogens with one attached hydrogen (secondary N) is 1. The summed E-state index contributed by atoms with van der Waals surface area (Å²) < 4.78 is 7.43. The van der Waals surface area contributed by atoms with Gasteiger partial charge in [0.2, 0.25) is 0 Å². The molecule has 1 amide bonds. The van der Waals surface area contributed by atoms with Gasteiger partial charge in [-0.25, -0.2) is 15.0 Å². The lowest BCUT2D eigenvalue weighted by Crippen LogP contribution is -2.42. The van der Waals surface area contributed by atoms with Crippen LogP contribution in [0, 0.1) is 3.83 Å². The quantitative estimate of drug-likeness (QED) is 0.350. The largest absolute Gasteiger partial charge is 0.387 e. The molecule has 1 aliphatic rings. The Kier molecular flexibility index (Phi) is 4.85. The minimum absolute atomic E-state index is 0.202. The number of rotatable bonds is 4. The van der Waals surface area contributed by atoms with E-state index in [1.165, 1.54) is 10.9 Å². The molecule has 1 aliphatic heterocycles. The molecule has 0 spiro atoms. The van der Waals surface area contributed by atoms with Gasteiger partial charge in [0.05, 0.1) is 6.33 Å². The molecule has 1 saturated heterocycles. The summed E-state index contributed by atoms with van der Waals surface area (Å²) in [6, 6.07) is 0. The lowest BCUT2D eigenvalue weighted by Gasteiger charge is -2.16. The number of nitrogen functional groups attached to an aromatic ring is 1. The van der Waals surface area contributed by atoms with Crippen LogP contribution in [0.2, 0.25) is 0 Å². The molecule has 2 aromatic heterocycles. The van der Waals surface area contributed by atoms with Gasteiger partial charge >= 0.3 is 0 Å². The molecular formula is C13H17IN6O4. The van der Waals surface area contributed by atoms with Crippen molar-refractivity contribution < 1.29 is 19.7 Å². The molecule has 1 fully saturated rings. The Labute approximate surface area is 150 Å². The zero-order valence-electron chi connectivity index (χ0n) is 12.8. The van der Waals surface area contributed by atoms with Crippen LogP contribution in [0.15, 0.2) is 6.33 Å². The fourth-order valence-electron chi connectivity index (χ4n) is 2.55. The SMILES string of the molecule is CCCNC(=O)[C@H]1O[C@@H](n2cnc3c(N)nc(I)nc32)[C@H](O)[C@@H]1O. The van der Waals surface area contributed by atoms with E-state index in [1.54, 1.807) is 0 Å². The molecule has 0 aliphatic carbocycles. The molecule has 11 heteroatoms. The summed E-state index contributed by atoms with van der Waals surface area (Å²) in [6.07, 6.45) is -2.71. The molecule has 4 atom stereocenters. The molecule has 0 saturated carbocycles. The summed E-state index contributed by atoms with van der Waals surface area (Å²) in [5.74, 6) is -0.271. The van der Waals surface area contributed by atoms with Crippen LogP contribution < -0.4 is 11.1 Å². The van der Waals surface area contributed by atoms with Gasteiger partial charge in [0.15, 0.2) is 27.6 Å². The number of amides is 1. The molecule has 0 radical (unpaired) electrons. The molecule has 3 rings (SSSR count). The van der Waals surface area contributed by atoms with Gasteiger partial charge in [0.1, 0.15) is 17.7 Å². The second kappa shape index (κ2) is 6.74. The predicted octanol–water partition coefficient (Wildman–Crippen LogP) is -0.842. The molecule has 130 valence electrons. The molecule has 5 N–H and O–H groups in total. The van der Waals surface area contributed by atoms with Gasteiger partial charge in [0, 0.05) is 29.1 Å². The van der Waals surface area contributed by atoms with E-state index in [-0.39, 0.29) is 5.82 Å². The number of aliphatic hydroxyl groups is 2. The second-order valence-electron chi connectivity index (χ2n) is 5.42. The van der Waals surface area contributed by atoms with Crippen molar-refractivity contribution in [3.8, 4) is 0 Å².